The summed E-state index contributed by atoms with van der Waals surface area (Å²) in [6, 6.07) is 156. The van der Waals surface area contributed by atoms with Crippen molar-refractivity contribution in [2.24, 2.45) is 0 Å². The Labute approximate surface area is 659 Å². The summed E-state index contributed by atoms with van der Waals surface area (Å²) < 4.78 is 10.0. The molecule has 0 aliphatic carbocycles. The van der Waals surface area contributed by atoms with Crippen LogP contribution in [-0.4, -0.2) is 18.3 Å². The Morgan fingerprint density at radius 1 is 0.149 bits per heavy atom. The van der Waals surface area contributed by atoms with E-state index in [1.807, 2.05) is 0 Å². The first kappa shape index (κ1) is 65.7. The van der Waals surface area contributed by atoms with Crippen LogP contribution in [0.3, 0.4) is 0 Å². The van der Waals surface area contributed by atoms with Gasteiger partial charge in [-0.1, -0.05) is 322 Å². The average molecular weight is 1450 g/mol. The van der Waals surface area contributed by atoms with Crippen molar-refractivity contribution in [1.29, 1.82) is 5.26 Å². The number of hydrogen-bond acceptors (Lipinski definition) is 1. The van der Waals surface area contributed by atoms with Crippen molar-refractivity contribution >= 4 is 87.2 Å². The quantitative estimate of drug-likeness (QED) is 0.113. The number of fused-ring (bicyclic) bond motifs is 12. The van der Waals surface area contributed by atoms with Gasteiger partial charge in [-0.3, -0.25) is 0 Å². The smallest absolute Gasteiger partial charge is 0.104 e. The van der Waals surface area contributed by atoms with Gasteiger partial charge in [-0.2, -0.15) is 5.26 Å². The molecule has 0 aliphatic rings. The van der Waals surface area contributed by atoms with Crippen molar-refractivity contribution in [2.45, 2.75) is 0 Å². The third kappa shape index (κ3) is 10.8. The molecule has 0 bridgehead atoms. The molecule has 0 N–H and O–H groups in total. The number of aromatic nitrogens is 4. The van der Waals surface area contributed by atoms with Crippen molar-refractivity contribution in [3.8, 4) is 129 Å². The van der Waals surface area contributed by atoms with Gasteiger partial charge in [0.15, 0.2) is 0 Å². The molecule has 0 amide bonds. The summed E-state index contributed by atoms with van der Waals surface area (Å²) in [5, 5.41) is 22.5. The highest BCUT2D eigenvalue weighted by atomic mass is 15.1. The molecular weight excluding hydrogens is 1380 g/mol. The summed E-state index contributed by atoms with van der Waals surface area (Å²) in [7, 11) is 0. The summed E-state index contributed by atoms with van der Waals surface area (Å²) in [5.41, 5.74) is 30.9. The normalized spacial score (nSPS) is 11.7. The highest BCUT2D eigenvalue weighted by molar-refractivity contribution is 6.20. The molecule has 5 heteroatoms. The van der Waals surface area contributed by atoms with Crippen LogP contribution in [0, 0.1) is 11.3 Å². The highest BCUT2D eigenvalue weighted by Gasteiger charge is 2.36. The van der Waals surface area contributed by atoms with Crippen molar-refractivity contribution in [3.63, 3.8) is 0 Å². The second kappa shape index (κ2) is 27.0. The predicted octanol–water partition coefficient (Wildman–Crippen LogP) is 28.9. The lowest BCUT2D eigenvalue weighted by Crippen LogP contribution is -2.16. The van der Waals surface area contributed by atoms with E-state index in [0.717, 1.165) is 210 Å². The molecule has 22 aromatic rings. The van der Waals surface area contributed by atoms with Crippen LogP contribution in [0.4, 0.5) is 0 Å². The second-order valence-corrected chi connectivity index (χ2v) is 29.7. The van der Waals surface area contributed by atoms with Crippen LogP contribution in [0.15, 0.2) is 419 Å². The Kier molecular flexibility index (Phi) is 15.6. The van der Waals surface area contributed by atoms with Crippen LogP contribution in [0.5, 0.6) is 0 Å². The fourth-order valence-electron chi connectivity index (χ4n) is 18.1. The summed E-state index contributed by atoms with van der Waals surface area (Å²) >= 11 is 0. The van der Waals surface area contributed by atoms with Crippen LogP contribution >= 0.6 is 0 Å². The van der Waals surface area contributed by atoms with Crippen molar-refractivity contribution in [3.05, 3.63) is 424 Å². The molecule has 5 nitrogen and oxygen atoms in total. The minimum Gasteiger partial charge on any atom is -0.306 e. The molecule has 0 saturated carbocycles. The van der Waals surface area contributed by atoms with Gasteiger partial charge >= 0.3 is 0 Å². The SMILES string of the molecule is N#Cc1c(-n2c3ccc(-c4ccccc4)cc3c3cc(-c4ccccc4)ccc32)c(-n2c3ccc(-c4ccccc4)cc3c3cc(-c4ccccc4)ccc32)c(-c2ccccc2)c(-n2c3ccc(-c4ccccc4)cc3c3cc(-c4ccccc4)ccc32)c1-n1c2ccc(-c3ccccc3)cc2c2cc(-c3ccccc3)ccc21. The molecule has 0 atom stereocenters. The molecule has 0 unspecified atom stereocenters. The first-order chi connectivity index (χ1) is 56.5. The van der Waals surface area contributed by atoms with E-state index in [-0.39, 0.29) is 0 Å². The Morgan fingerprint density at radius 2 is 0.298 bits per heavy atom. The van der Waals surface area contributed by atoms with E-state index in [0.29, 0.717) is 5.56 Å². The lowest BCUT2D eigenvalue weighted by molar-refractivity contribution is 1.04. The third-order valence-corrected chi connectivity index (χ3v) is 23.4. The van der Waals surface area contributed by atoms with E-state index in [9.17, 15) is 5.26 Å². The van der Waals surface area contributed by atoms with E-state index < -0.39 is 0 Å². The van der Waals surface area contributed by atoms with E-state index >= 15 is 0 Å². The Bertz CT molecular complexity index is 6770. The molecule has 114 heavy (non-hydrogen) atoms. The maximum absolute atomic E-state index is 14.0. The molecular formula is C109H69N5. The van der Waals surface area contributed by atoms with E-state index in [4.69, 9.17) is 0 Å². The van der Waals surface area contributed by atoms with Gasteiger partial charge in [0.1, 0.15) is 11.6 Å². The van der Waals surface area contributed by atoms with Gasteiger partial charge in [0.05, 0.1) is 66.9 Å². The van der Waals surface area contributed by atoms with Crippen LogP contribution in [0.1, 0.15) is 5.56 Å². The van der Waals surface area contributed by atoms with Gasteiger partial charge in [-0.05, 0) is 192 Å². The molecule has 4 heterocycles. The first-order valence-corrected chi connectivity index (χ1v) is 39.0. The molecule has 0 radical (unpaired) electrons. The van der Waals surface area contributed by atoms with E-state index in [1.54, 1.807) is 0 Å². The summed E-state index contributed by atoms with van der Waals surface area (Å²) in [6.45, 7) is 0. The predicted molar refractivity (Wildman–Crippen MR) is 477 cm³/mol. The van der Waals surface area contributed by atoms with Crippen molar-refractivity contribution in [1.82, 2.24) is 18.3 Å². The number of nitrogens with zero attached hydrogens (tertiary/aromatic N) is 5. The molecule has 4 aromatic heterocycles. The molecule has 0 saturated heterocycles. The molecule has 18 aromatic carbocycles. The van der Waals surface area contributed by atoms with Crippen LogP contribution in [-0.2, 0) is 0 Å². The van der Waals surface area contributed by atoms with Crippen molar-refractivity contribution < 1.29 is 0 Å². The molecule has 0 fully saturated rings. The summed E-state index contributed by atoms with van der Waals surface area (Å²) in [4.78, 5) is 0. The zero-order valence-electron chi connectivity index (χ0n) is 62.1. The lowest BCUT2D eigenvalue weighted by atomic mass is 9.93. The Morgan fingerprint density at radius 3 is 0.456 bits per heavy atom. The standard InChI is InChI=1S/C109H69N5/c110-70-96-106(111-97-54-46-80(71-28-10-1-11-29-71)62-88(97)89-63-81(47-55-98(89)111)72-30-12-2-13-31-72)108(113-101-58-50-84(75-36-18-5-19-37-75)66-92(101)93-67-85(51-59-102(93)113)76-38-20-6-21-39-76)105(79-44-26-9-27-45-79)109(114-103-60-52-86(77-40-22-7-23-41-77)68-94(103)95-69-87(53-61-104(95)114)78-42-24-8-25-43-78)107(96)112-99-56-48-82(73-32-14-3-15-33-73)64-90(99)91-65-83(49-57-100(91)112)74-34-16-4-17-35-74/h1-69H. The van der Waals surface area contributed by atoms with Crippen LogP contribution in [0.2, 0.25) is 0 Å². The van der Waals surface area contributed by atoms with Gasteiger partial charge in [0, 0.05) is 48.7 Å². The third-order valence-electron chi connectivity index (χ3n) is 23.4. The summed E-state index contributed by atoms with van der Waals surface area (Å²) in [6.07, 6.45) is 0. The zero-order chi connectivity index (χ0) is 75.3. The number of rotatable bonds is 13. The van der Waals surface area contributed by atoms with Crippen molar-refractivity contribution in [2.75, 3.05) is 0 Å². The highest BCUT2D eigenvalue weighted by Crippen LogP contribution is 2.54. The van der Waals surface area contributed by atoms with Gasteiger partial charge in [-0.15, -0.1) is 0 Å². The molecule has 0 aliphatic heterocycles. The Hall–Kier alpha value is -15.4. The molecule has 22 rings (SSSR count). The fraction of sp³-hybridized carbons (Fsp3) is 0. The Balaban J connectivity index is 1.00. The first-order valence-electron chi connectivity index (χ1n) is 39.0. The zero-order valence-corrected chi connectivity index (χ0v) is 62.1. The summed E-state index contributed by atoms with van der Waals surface area (Å²) in [5.74, 6) is 0. The fourth-order valence-corrected chi connectivity index (χ4v) is 18.1. The van der Waals surface area contributed by atoms with Crippen LogP contribution in [0.25, 0.3) is 210 Å². The average Bonchev–Trinajstić information content (AvgIpc) is 1.47. The monoisotopic (exact) mass is 1450 g/mol. The maximum atomic E-state index is 14.0. The number of nitriles is 1. The van der Waals surface area contributed by atoms with E-state index in [2.05, 4.69) is 443 Å². The minimum atomic E-state index is 0.476. The topological polar surface area (TPSA) is 43.5 Å². The molecule has 0 spiro atoms. The second-order valence-electron chi connectivity index (χ2n) is 29.7. The van der Waals surface area contributed by atoms with Gasteiger partial charge in [-0.25, -0.2) is 0 Å². The minimum absolute atomic E-state index is 0.476. The lowest BCUT2D eigenvalue weighted by Gasteiger charge is -2.29. The van der Waals surface area contributed by atoms with Gasteiger partial charge in [0.2, 0.25) is 0 Å². The maximum Gasteiger partial charge on any atom is 0.104 e. The van der Waals surface area contributed by atoms with Crippen LogP contribution < -0.4 is 0 Å². The number of benzene rings is 18. The largest absolute Gasteiger partial charge is 0.306 e. The van der Waals surface area contributed by atoms with Gasteiger partial charge < -0.3 is 18.3 Å². The van der Waals surface area contributed by atoms with E-state index in [1.165, 1.54) is 0 Å². The molecule has 530 valence electrons. The number of hydrogen-bond donors (Lipinski definition) is 0. The van der Waals surface area contributed by atoms with Gasteiger partial charge in [0.25, 0.3) is 0 Å².